The van der Waals surface area contributed by atoms with Gasteiger partial charge in [-0.3, -0.25) is 14.5 Å². The van der Waals surface area contributed by atoms with E-state index in [9.17, 15) is 29.4 Å². The predicted octanol–water partition coefficient (Wildman–Crippen LogP) is -1.84. The van der Waals surface area contributed by atoms with Crippen molar-refractivity contribution in [2.75, 3.05) is 11.5 Å². The van der Waals surface area contributed by atoms with Gasteiger partial charge >= 0.3 is 11.6 Å². The number of carboxylic acids is 2. The third-order valence-corrected chi connectivity index (χ3v) is 10.3. The molecule has 0 aliphatic carbocycles. The number of oxime groups is 1. The fourth-order valence-corrected chi connectivity index (χ4v) is 7.60. The number of rotatable bonds is 12. The molecule has 1 saturated heterocycles. The number of nitrogen functional groups attached to an aromatic ring is 1. The number of nitrogens with one attached hydrogen (secondary N) is 1. The van der Waals surface area contributed by atoms with Gasteiger partial charge in [0.1, 0.15) is 34.9 Å². The number of carboxylic acid groups (broad SMARTS) is 2. The number of nitrogens with two attached hydrogens (primary N) is 3. The fourth-order valence-electron chi connectivity index (χ4n) is 5.01. The van der Waals surface area contributed by atoms with Crippen molar-refractivity contribution in [3.05, 3.63) is 57.4 Å². The van der Waals surface area contributed by atoms with Crippen molar-refractivity contribution in [3.63, 3.8) is 0 Å². The van der Waals surface area contributed by atoms with E-state index in [1.54, 1.807) is 16.3 Å². The van der Waals surface area contributed by atoms with E-state index in [0.29, 0.717) is 17.9 Å². The van der Waals surface area contributed by atoms with Crippen LogP contribution in [0.3, 0.4) is 0 Å². The van der Waals surface area contributed by atoms with Crippen LogP contribution in [0, 0.1) is 0 Å². The van der Waals surface area contributed by atoms with E-state index >= 15 is 0 Å². The molecule has 2 amide bonds. The summed E-state index contributed by atoms with van der Waals surface area (Å²) in [6.45, 7) is 3.05. The van der Waals surface area contributed by atoms with Crippen LogP contribution in [0.2, 0.25) is 0 Å². The number of aliphatic imine (C=N–C) groups is 1. The Kier molecular flexibility index (Phi) is 8.77. The summed E-state index contributed by atoms with van der Waals surface area (Å²) in [7, 11) is 0. The largest absolute Gasteiger partial charge is 0.543 e. The number of hydrogen-bond acceptors (Lipinski definition) is 14. The van der Waals surface area contributed by atoms with Crippen molar-refractivity contribution >= 4 is 86.5 Å². The molecule has 2 aliphatic rings. The summed E-state index contributed by atoms with van der Waals surface area (Å²) in [6, 6.07) is 0.737. The number of aliphatic carboxylic acids is 2. The number of β-lactam (4-membered cyclic amide) rings is 1. The molecule has 6 heterocycles. The summed E-state index contributed by atoms with van der Waals surface area (Å²) in [5.74, 6) is -3.89. The lowest BCUT2D eigenvalue weighted by molar-refractivity contribution is -0.661. The molecule has 0 spiro atoms. The summed E-state index contributed by atoms with van der Waals surface area (Å²) in [4.78, 5) is 69.2. The highest BCUT2D eigenvalue weighted by Gasteiger charge is 2.53. The van der Waals surface area contributed by atoms with Gasteiger partial charge in [-0.15, -0.1) is 39.0 Å². The minimum absolute atomic E-state index is 0.00503. The molecule has 22 heteroatoms. The molecule has 49 heavy (non-hydrogen) atoms. The average molecular weight is 729 g/mol. The summed E-state index contributed by atoms with van der Waals surface area (Å²) in [5, 5.41) is 31.4. The minimum Gasteiger partial charge on any atom is -0.543 e. The number of aromatic nitrogens is 5. The van der Waals surface area contributed by atoms with Crippen molar-refractivity contribution in [2.24, 2.45) is 21.6 Å². The average Bonchev–Trinajstić information content (AvgIpc) is 3.83. The van der Waals surface area contributed by atoms with Gasteiger partial charge in [-0.25, -0.2) is 24.0 Å². The summed E-state index contributed by atoms with van der Waals surface area (Å²) < 4.78 is 5.58. The quantitative estimate of drug-likeness (QED) is 0.0353. The molecule has 4 aromatic rings. The Bertz CT molecular complexity index is 2090. The number of carbonyl (C=O) groups is 4. The van der Waals surface area contributed by atoms with E-state index in [-0.39, 0.29) is 34.8 Å². The lowest BCUT2D eigenvalue weighted by Crippen LogP contribution is -2.71. The van der Waals surface area contributed by atoms with Crippen molar-refractivity contribution in [1.82, 2.24) is 29.4 Å². The summed E-state index contributed by atoms with van der Waals surface area (Å²) in [5.41, 5.74) is 15.4. The zero-order valence-corrected chi connectivity index (χ0v) is 28.1. The predicted molar refractivity (Wildman–Crippen MR) is 175 cm³/mol. The second kappa shape index (κ2) is 12.9. The van der Waals surface area contributed by atoms with Crippen LogP contribution in [0.4, 0.5) is 10.9 Å². The van der Waals surface area contributed by atoms with Gasteiger partial charge in [0.05, 0.1) is 30.5 Å². The van der Waals surface area contributed by atoms with Crippen LogP contribution < -0.4 is 32.2 Å². The second-order valence-corrected chi connectivity index (χ2v) is 14.1. The molecule has 0 saturated carbocycles. The van der Waals surface area contributed by atoms with Crippen LogP contribution in [0.15, 0.2) is 56.8 Å². The van der Waals surface area contributed by atoms with E-state index in [1.807, 2.05) is 27.5 Å². The highest BCUT2D eigenvalue weighted by Crippen LogP contribution is 2.40. The molecular weight excluding hydrogens is 701 g/mol. The Hall–Kier alpha value is -5.48. The number of anilines is 1. The first-order chi connectivity index (χ1) is 23.2. The van der Waals surface area contributed by atoms with E-state index < -0.39 is 46.5 Å². The first-order valence-electron chi connectivity index (χ1n) is 14.2. The fraction of sp³-hybridized carbons (Fsp3) is 0.296. The Morgan fingerprint density at radius 1 is 1.22 bits per heavy atom. The number of hydrogen-bond donors (Lipinski definition) is 5. The monoisotopic (exact) mass is 728 g/mol. The zero-order valence-electron chi connectivity index (χ0n) is 25.7. The van der Waals surface area contributed by atoms with Gasteiger partial charge in [0.25, 0.3) is 11.8 Å². The van der Waals surface area contributed by atoms with Gasteiger partial charge in [-0.1, -0.05) is 5.16 Å². The molecule has 4 aromatic heterocycles. The van der Waals surface area contributed by atoms with Gasteiger partial charge in [0, 0.05) is 16.5 Å². The Labute approximate surface area is 288 Å². The maximum atomic E-state index is 13.4. The molecule has 1 fully saturated rings. The van der Waals surface area contributed by atoms with Crippen LogP contribution >= 0.6 is 34.4 Å². The molecule has 6 rings (SSSR count). The highest BCUT2D eigenvalue weighted by molar-refractivity contribution is 8.00. The number of amides is 2. The summed E-state index contributed by atoms with van der Waals surface area (Å²) in [6.07, 6.45) is 5.45. The number of nitrogens with zero attached hydrogens (tertiary/aromatic N) is 8. The van der Waals surface area contributed by atoms with E-state index in [1.165, 1.54) is 42.3 Å². The number of guanidine groups is 1. The highest BCUT2D eigenvalue weighted by atomic mass is 32.2. The van der Waals surface area contributed by atoms with Crippen LogP contribution in [0.25, 0.3) is 5.65 Å². The van der Waals surface area contributed by atoms with Crippen molar-refractivity contribution < 1.29 is 38.8 Å². The maximum Gasteiger partial charge on any atom is 0.350 e. The molecule has 2 atom stereocenters. The number of thioether (sulfide) groups is 1. The topological polar surface area (TPSA) is 278 Å². The Balaban J connectivity index is 1.19. The maximum absolute atomic E-state index is 13.4. The first kappa shape index (κ1) is 33.4. The third-order valence-electron chi connectivity index (χ3n) is 7.42. The molecule has 0 aromatic carbocycles. The normalized spacial score (nSPS) is 17.9. The lowest BCUT2D eigenvalue weighted by atomic mass is 10.0. The molecular formula is C27H28N12O7S3. The van der Waals surface area contributed by atoms with Gasteiger partial charge < -0.3 is 42.4 Å². The standard InChI is InChI=1S/C27H28N12O7S3/c1-27(2,24(44)45)46-35-17(13-10-49-26(30)31-13)20(40)34-18-21(41)39-19(23(42)43)12(9-48-22(18)39)7-37-4-3-16-36(5-6-38(16)37)8-15-32-14(11-47-15)33-25(28)29/h3-6,10-11,18,22H,7-9H2,1-2H3,(H8-,28,29,30,31,33,34,40,42,43,44,45)/b35-17-/t18-,22-/m1/s1. The number of imidazole rings is 1. The smallest absolute Gasteiger partial charge is 0.350 e. The van der Waals surface area contributed by atoms with Gasteiger partial charge in [-0.05, 0) is 19.4 Å². The third kappa shape index (κ3) is 6.51. The Morgan fingerprint density at radius 2 is 2.00 bits per heavy atom. The van der Waals surface area contributed by atoms with E-state index in [0.717, 1.165) is 26.9 Å². The second-order valence-electron chi connectivity index (χ2n) is 11.2. The van der Waals surface area contributed by atoms with E-state index in [2.05, 4.69) is 25.4 Å². The zero-order chi connectivity index (χ0) is 35.2. The van der Waals surface area contributed by atoms with Crippen molar-refractivity contribution in [3.8, 4) is 0 Å². The number of fused-ring (bicyclic) bond motifs is 2. The molecule has 256 valence electrons. The molecule has 0 radical (unpaired) electrons. The van der Waals surface area contributed by atoms with Crippen LogP contribution in [0.5, 0.6) is 0 Å². The molecule has 19 nitrogen and oxygen atoms in total. The molecule has 2 aliphatic heterocycles. The van der Waals surface area contributed by atoms with E-state index in [4.69, 9.17) is 22.0 Å². The van der Waals surface area contributed by atoms with Crippen LogP contribution in [-0.4, -0.2) is 87.4 Å². The Morgan fingerprint density at radius 3 is 2.67 bits per heavy atom. The first-order valence-corrected chi connectivity index (χ1v) is 17.0. The molecule has 0 unspecified atom stereocenters. The van der Waals surface area contributed by atoms with Crippen LogP contribution in [-0.2, 0) is 37.1 Å². The SMILES string of the molecule is CC(C)(O/N=C(\C(=O)N[C@@H]1C(=O)N2C(C(=O)[O-])=C(Cn3ccc4n3cc[n+]4Cc3nc(N=C(N)N)cs3)CS[C@H]12)c1csc(N)n1)C(=O)O. The van der Waals surface area contributed by atoms with Gasteiger partial charge in [-0.2, -0.15) is 4.99 Å². The number of carbonyl (C=O) groups excluding carboxylic acids is 3. The number of thiazole rings is 2. The van der Waals surface area contributed by atoms with Crippen LogP contribution in [0.1, 0.15) is 24.5 Å². The molecule has 0 bridgehead atoms. The summed E-state index contributed by atoms with van der Waals surface area (Å²) >= 11 is 3.68. The van der Waals surface area contributed by atoms with Crippen molar-refractivity contribution in [2.45, 2.75) is 44.0 Å². The van der Waals surface area contributed by atoms with Gasteiger partial charge in [0.2, 0.25) is 5.60 Å². The lowest BCUT2D eigenvalue weighted by Gasteiger charge is -2.50. The van der Waals surface area contributed by atoms with Gasteiger partial charge in [0.15, 0.2) is 28.8 Å². The minimum atomic E-state index is -1.78. The van der Waals surface area contributed by atoms with Crippen molar-refractivity contribution in [1.29, 1.82) is 0 Å². The molecule has 8 N–H and O–H groups in total.